The molecule has 0 saturated heterocycles. The maximum absolute atomic E-state index is 12.0. The summed E-state index contributed by atoms with van der Waals surface area (Å²) < 4.78 is 33.5. The number of rotatable bonds is 5. The average molecular weight is 265 g/mol. The quantitative estimate of drug-likeness (QED) is 0.778. The van der Waals surface area contributed by atoms with Gasteiger partial charge in [-0.25, -0.2) is 4.98 Å². The van der Waals surface area contributed by atoms with Crippen LogP contribution in [0, 0.1) is 0 Å². The van der Waals surface area contributed by atoms with Gasteiger partial charge in [-0.15, -0.1) is 0 Å². The molecule has 0 amide bonds. The molecule has 1 aromatic heterocycles. The fourth-order valence-electron chi connectivity index (χ4n) is 1.36. The van der Waals surface area contributed by atoms with Gasteiger partial charge in [0.05, 0.1) is 0 Å². The van der Waals surface area contributed by atoms with Crippen molar-refractivity contribution in [3.05, 3.63) is 48.2 Å². The molecule has 6 heteroatoms. The second kappa shape index (κ2) is 5.90. The van der Waals surface area contributed by atoms with Crippen molar-refractivity contribution in [1.82, 2.24) is 4.98 Å². The molecule has 0 saturated carbocycles. The molecule has 0 fully saturated rings. The minimum atomic E-state index is -2.86. The van der Waals surface area contributed by atoms with E-state index in [-0.39, 0.29) is 17.3 Å². The summed E-state index contributed by atoms with van der Waals surface area (Å²) in [5.41, 5.74) is 0.246. The lowest BCUT2D eigenvalue weighted by Crippen LogP contribution is -2.01. The van der Waals surface area contributed by atoms with Crippen LogP contribution in [0.2, 0.25) is 0 Å². The van der Waals surface area contributed by atoms with E-state index in [1.54, 1.807) is 18.2 Å². The van der Waals surface area contributed by atoms with Crippen molar-refractivity contribution in [2.45, 2.75) is 6.61 Å². The van der Waals surface area contributed by atoms with E-state index < -0.39 is 6.61 Å². The van der Waals surface area contributed by atoms with Gasteiger partial charge in [0, 0.05) is 6.07 Å². The number of carbonyl (C=O) groups is 1. The number of aromatic nitrogens is 1. The number of hydrogen-bond acceptors (Lipinski definition) is 4. The second-order valence-electron chi connectivity index (χ2n) is 3.47. The van der Waals surface area contributed by atoms with Gasteiger partial charge in [0.2, 0.25) is 5.88 Å². The number of ether oxygens (including phenoxy) is 2. The van der Waals surface area contributed by atoms with Crippen LogP contribution in [0.4, 0.5) is 8.78 Å². The summed E-state index contributed by atoms with van der Waals surface area (Å²) >= 11 is 0. The minimum Gasteiger partial charge on any atom is -0.439 e. The molecule has 0 unspecified atom stereocenters. The van der Waals surface area contributed by atoms with Crippen molar-refractivity contribution >= 4 is 6.29 Å². The predicted molar refractivity (Wildman–Crippen MR) is 62.8 cm³/mol. The number of carbonyl (C=O) groups excluding carboxylic acids is 1. The highest BCUT2D eigenvalue weighted by atomic mass is 19.3. The Hall–Kier alpha value is -2.50. The number of alkyl halides is 2. The molecule has 98 valence electrons. The molecule has 0 atom stereocenters. The molecule has 1 heterocycles. The Morgan fingerprint density at radius 2 is 1.74 bits per heavy atom. The average Bonchev–Trinajstić information content (AvgIpc) is 2.41. The lowest BCUT2D eigenvalue weighted by atomic mass is 10.3. The van der Waals surface area contributed by atoms with Gasteiger partial charge in [-0.05, 0) is 30.3 Å². The summed E-state index contributed by atoms with van der Waals surface area (Å²) in [7, 11) is 0. The lowest BCUT2D eigenvalue weighted by Gasteiger charge is -2.07. The van der Waals surface area contributed by atoms with Crippen molar-refractivity contribution in [3.63, 3.8) is 0 Å². The molecule has 4 nitrogen and oxygen atoms in total. The molecule has 0 aliphatic carbocycles. The Bertz CT molecular complexity index is 558. The number of pyridine rings is 1. The first kappa shape index (κ1) is 12.9. The Morgan fingerprint density at radius 1 is 1.05 bits per heavy atom. The smallest absolute Gasteiger partial charge is 0.387 e. The Labute approximate surface area is 107 Å². The first-order valence-corrected chi connectivity index (χ1v) is 5.32. The maximum Gasteiger partial charge on any atom is 0.387 e. The molecule has 2 aromatic rings. The number of nitrogens with zero attached hydrogens (tertiary/aromatic N) is 1. The summed E-state index contributed by atoms with van der Waals surface area (Å²) in [6.45, 7) is -2.86. The fraction of sp³-hybridized carbons (Fsp3) is 0.0769. The van der Waals surface area contributed by atoms with Crippen molar-refractivity contribution in [2.75, 3.05) is 0 Å². The summed E-state index contributed by atoms with van der Waals surface area (Å²) in [5, 5.41) is 0. The molecule has 0 aliphatic heterocycles. The molecule has 0 bridgehead atoms. The first-order valence-electron chi connectivity index (χ1n) is 5.32. The zero-order valence-corrected chi connectivity index (χ0v) is 9.62. The van der Waals surface area contributed by atoms with Crippen LogP contribution >= 0.6 is 0 Å². The summed E-state index contributed by atoms with van der Waals surface area (Å²) in [5.74, 6) is 0.682. The standard InChI is InChI=1S/C13H9F2NO3/c14-13(15)19-11-6-4-10(5-7-11)18-12-3-1-2-9(8-17)16-12/h1-8,13H. The van der Waals surface area contributed by atoms with Gasteiger partial charge in [0.15, 0.2) is 6.29 Å². The van der Waals surface area contributed by atoms with Crippen molar-refractivity contribution in [3.8, 4) is 17.4 Å². The third kappa shape index (κ3) is 3.74. The van der Waals surface area contributed by atoms with Crippen LogP contribution in [0.5, 0.6) is 17.4 Å². The van der Waals surface area contributed by atoms with Crippen LogP contribution < -0.4 is 9.47 Å². The van der Waals surface area contributed by atoms with Gasteiger partial charge < -0.3 is 9.47 Å². The van der Waals surface area contributed by atoms with Gasteiger partial charge in [-0.3, -0.25) is 4.79 Å². The molecule has 0 N–H and O–H groups in total. The Balaban J connectivity index is 2.08. The van der Waals surface area contributed by atoms with Gasteiger partial charge in [-0.1, -0.05) is 6.07 Å². The van der Waals surface area contributed by atoms with Crippen LogP contribution in [-0.2, 0) is 0 Å². The van der Waals surface area contributed by atoms with E-state index in [1.165, 1.54) is 24.3 Å². The summed E-state index contributed by atoms with van der Waals surface area (Å²) in [4.78, 5) is 14.5. The molecular weight excluding hydrogens is 256 g/mol. The fourth-order valence-corrected chi connectivity index (χ4v) is 1.36. The van der Waals surface area contributed by atoms with Gasteiger partial charge >= 0.3 is 6.61 Å². The number of aldehydes is 1. The van der Waals surface area contributed by atoms with Crippen LogP contribution in [0.15, 0.2) is 42.5 Å². The monoisotopic (exact) mass is 265 g/mol. The molecule has 2 rings (SSSR count). The lowest BCUT2D eigenvalue weighted by molar-refractivity contribution is -0.0498. The van der Waals surface area contributed by atoms with Crippen LogP contribution in [-0.4, -0.2) is 17.9 Å². The third-order valence-electron chi connectivity index (χ3n) is 2.14. The highest BCUT2D eigenvalue weighted by Crippen LogP contribution is 2.23. The number of halogens is 2. The van der Waals surface area contributed by atoms with Crippen molar-refractivity contribution in [1.29, 1.82) is 0 Å². The summed E-state index contributed by atoms with van der Waals surface area (Å²) in [6, 6.07) is 10.4. The van der Waals surface area contributed by atoms with Crippen molar-refractivity contribution < 1.29 is 23.0 Å². The maximum atomic E-state index is 12.0. The van der Waals surface area contributed by atoms with Gasteiger partial charge in [-0.2, -0.15) is 8.78 Å². The van der Waals surface area contributed by atoms with E-state index in [9.17, 15) is 13.6 Å². The topological polar surface area (TPSA) is 48.4 Å². The second-order valence-corrected chi connectivity index (χ2v) is 3.47. The largest absolute Gasteiger partial charge is 0.439 e. The SMILES string of the molecule is O=Cc1cccc(Oc2ccc(OC(F)F)cc2)n1. The van der Waals surface area contributed by atoms with E-state index >= 15 is 0 Å². The number of hydrogen-bond donors (Lipinski definition) is 0. The van der Waals surface area contributed by atoms with E-state index in [2.05, 4.69) is 9.72 Å². The molecule has 0 radical (unpaired) electrons. The van der Waals surface area contributed by atoms with E-state index in [4.69, 9.17) is 4.74 Å². The van der Waals surface area contributed by atoms with Crippen LogP contribution in [0.1, 0.15) is 10.5 Å². The van der Waals surface area contributed by atoms with Gasteiger partial charge in [0.25, 0.3) is 0 Å². The molecule has 0 aliphatic rings. The zero-order valence-electron chi connectivity index (χ0n) is 9.62. The third-order valence-corrected chi connectivity index (χ3v) is 2.14. The zero-order chi connectivity index (χ0) is 13.7. The first-order chi connectivity index (χ1) is 9.17. The molecular formula is C13H9F2NO3. The van der Waals surface area contributed by atoms with Gasteiger partial charge in [0.1, 0.15) is 17.2 Å². The Kier molecular flexibility index (Phi) is 4.02. The number of benzene rings is 1. The molecule has 19 heavy (non-hydrogen) atoms. The van der Waals surface area contributed by atoms with E-state index in [1.807, 2.05) is 0 Å². The summed E-state index contributed by atoms with van der Waals surface area (Å²) in [6.07, 6.45) is 0.604. The highest BCUT2D eigenvalue weighted by Gasteiger charge is 2.05. The van der Waals surface area contributed by atoms with Crippen molar-refractivity contribution in [2.24, 2.45) is 0 Å². The molecule has 0 spiro atoms. The van der Waals surface area contributed by atoms with Crippen LogP contribution in [0.25, 0.3) is 0 Å². The predicted octanol–water partition coefficient (Wildman–Crippen LogP) is 3.29. The van der Waals surface area contributed by atoms with E-state index in [0.717, 1.165) is 0 Å². The molecule has 1 aromatic carbocycles. The van der Waals surface area contributed by atoms with E-state index in [0.29, 0.717) is 12.0 Å². The Morgan fingerprint density at radius 3 is 2.37 bits per heavy atom. The normalized spacial score (nSPS) is 10.3. The minimum absolute atomic E-state index is 0.0388. The highest BCUT2D eigenvalue weighted by molar-refractivity contribution is 5.71. The van der Waals surface area contributed by atoms with Crippen LogP contribution in [0.3, 0.4) is 0 Å².